The quantitative estimate of drug-likeness (QED) is 0.411. The third kappa shape index (κ3) is 5.50. The fourth-order valence-corrected chi connectivity index (χ4v) is 4.28. The van der Waals surface area contributed by atoms with Gasteiger partial charge in [-0.1, -0.05) is 61.3 Å². The Morgan fingerprint density at radius 3 is 1.97 bits per heavy atom. The Morgan fingerprint density at radius 1 is 0.914 bits per heavy atom. The summed E-state index contributed by atoms with van der Waals surface area (Å²) in [7, 11) is 0. The van der Waals surface area contributed by atoms with Crippen LogP contribution in [0.25, 0.3) is 0 Å². The molecule has 2 unspecified atom stereocenters. The summed E-state index contributed by atoms with van der Waals surface area (Å²) in [5.41, 5.74) is 2.55. The first-order chi connectivity index (χ1) is 16.7. The Labute approximate surface area is 213 Å². The fraction of sp³-hybridized carbons (Fsp3) is 0.222. The maximum Gasteiger partial charge on any atom is 0.341 e. The summed E-state index contributed by atoms with van der Waals surface area (Å²) in [6.45, 7) is 3.28. The number of nitrogens with zero attached hydrogens (tertiary/aromatic N) is 2. The number of amides is 1. The van der Waals surface area contributed by atoms with Crippen LogP contribution in [0.3, 0.4) is 0 Å². The van der Waals surface area contributed by atoms with Crippen LogP contribution in [-0.4, -0.2) is 34.3 Å². The lowest BCUT2D eigenvalue weighted by molar-refractivity contribution is -0.139. The van der Waals surface area contributed by atoms with Crippen molar-refractivity contribution in [2.24, 2.45) is 10.9 Å². The van der Waals surface area contributed by atoms with Gasteiger partial charge in [-0.15, -0.1) is 0 Å². The van der Waals surface area contributed by atoms with Crippen molar-refractivity contribution in [1.82, 2.24) is 4.90 Å². The van der Waals surface area contributed by atoms with Crippen molar-refractivity contribution >= 4 is 40.9 Å². The molecule has 35 heavy (non-hydrogen) atoms. The zero-order valence-electron chi connectivity index (χ0n) is 19.2. The molecule has 0 spiro atoms. The van der Waals surface area contributed by atoms with E-state index in [1.165, 1.54) is 0 Å². The summed E-state index contributed by atoms with van der Waals surface area (Å²) in [6, 6.07) is 21.1. The van der Waals surface area contributed by atoms with Crippen molar-refractivity contribution in [2.75, 3.05) is 6.61 Å². The number of carboxylic acids is 1. The van der Waals surface area contributed by atoms with Crippen LogP contribution >= 0.6 is 23.2 Å². The number of halogens is 2. The van der Waals surface area contributed by atoms with Gasteiger partial charge in [0.25, 0.3) is 0 Å². The Balaban J connectivity index is 1.81. The van der Waals surface area contributed by atoms with E-state index in [0.29, 0.717) is 21.6 Å². The summed E-state index contributed by atoms with van der Waals surface area (Å²) < 4.78 is 5.26. The molecule has 4 rings (SSSR count). The zero-order valence-corrected chi connectivity index (χ0v) is 20.7. The van der Waals surface area contributed by atoms with Gasteiger partial charge in [0.2, 0.25) is 5.91 Å². The minimum absolute atomic E-state index is 0.0635. The molecule has 1 amide bonds. The molecule has 180 valence electrons. The van der Waals surface area contributed by atoms with E-state index >= 15 is 0 Å². The number of carbonyl (C=O) groups excluding carboxylic acids is 1. The largest absolute Gasteiger partial charge is 0.482 e. The SMILES string of the molecule is CC(C)C(=O)N1C(c2ccc(OCC(=O)O)cc2)=NC(c2ccc(Cl)cc2)C1c1ccc(Cl)cc1. The Morgan fingerprint density at radius 2 is 1.46 bits per heavy atom. The van der Waals surface area contributed by atoms with Crippen LogP contribution in [0.15, 0.2) is 77.8 Å². The summed E-state index contributed by atoms with van der Waals surface area (Å²) in [4.78, 5) is 31.2. The molecule has 2 atom stereocenters. The number of amidine groups is 1. The van der Waals surface area contributed by atoms with Crippen molar-refractivity contribution < 1.29 is 19.4 Å². The normalized spacial score (nSPS) is 17.4. The number of carbonyl (C=O) groups is 2. The molecule has 1 aliphatic rings. The predicted octanol–water partition coefficient (Wildman–Crippen LogP) is 6.18. The molecule has 3 aromatic carbocycles. The summed E-state index contributed by atoms with van der Waals surface area (Å²) in [6.07, 6.45) is 0. The number of aliphatic imine (C=N–C) groups is 1. The molecule has 1 aliphatic heterocycles. The lowest BCUT2D eigenvalue weighted by Crippen LogP contribution is -2.40. The minimum Gasteiger partial charge on any atom is -0.482 e. The molecule has 3 aromatic rings. The van der Waals surface area contributed by atoms with E-state index in [1.807, 2.05) is 50.2 Å². The van der Waals surface area contributed by atoms with Crippen molar-refractivity contribution in [3.05, 3.63) is 99.5 Å². The average Bonchev–Trinajstić information content (AvgIpc) is 3.24. The highest BCUT2D eigenvalue weighted by molar-refractivity contribution is 6.30. The molecule has 0 radical (unpaired) electrons. The van der Waals surface area contributed by atoms with E-state index < -0.39 is 12.6 Å². The average molecular weight is 511 g/mol. The van der Waals surface area contributed by atoms with Crippen molar-refractivity contribution in [2.45, 2.75) is 25.9 Å². The highest BCUT2D eigenvalue weighted by Crippen LogP contribution is 2.44. The van der Waals surface area contributed by atoms with Gasteiger partial charge in [-0.3, -0.25) is 14.7 Å². The van der Waals surface area contributed by atoms with Gasteiger partial charge in [0.05, 0.1) is 6.04 Å². The molecule has 0 fully saturated rings. The van der Waals surface area contributed by atoms with Gasteiger partial charge in [0.1, 0.15) is 17.6 Å². The Kier molecular flexibility index (Phi) is 7.43. The van der Waals surface area contributed by atoms with Gasteiger partial charge in [-0.05, 0) is 59.7 Å². The molecule has 1 heterocycles. The summed E-state index contributed by atoms with van der Waals surface area (Å²) in [5, 5.41) is 10.1. The number of hydrogen-bond acceptors (Lipinski definition) is 4. The van der Waals surface area contributed by atoms with Crippen LogP contribution in [0.5, 0.6) is 5.75 Å². The van der Waals surface area contributed by atoms with Crippen LogP contribution in [0.2, 0.25) is 10.0 Å². The van der Waals surface area contributed by atoms with E-state index in [9.17, 15) is 9.59 Å². The van der Waals surface area contributed by atoms with Crippen LogP contribution in [-0.2, 0) is 9.59 Å². The van der Waals surface area contributed by atoms with E-state index in [0.717, 1.165) is 16.7 Å². The highest BCUT2D eigenvalue weighted by atomic mass is 35.5. The number of rotatable bonds is 7. The molecule has 0 saturated heterocycles. The maximum absolute atomic E-state index is 13.6. The van der Waals surface area contributed by atoms with Gasteiger partial charge in [0.15, 0.2) is 6.61 Å². The molecule has 0 aromatic heterocycles. The Hall–Kier alpha value is -3.35. The summed E-state index contributed by atoms with van der Waals surface area (Å²) >= 11 is 12.3. The molecule has 1 N–H and O–H groups in total. The smallest absolute Gasteiger partial charge is 0.341 e. The van der Waals surface area contributed by atoms with Gasteiger partial charge in [-0.2, -0.15) is 0 Å². The number of ether oxygens (including phenoxy) is 1. The molecule has 0 aliphatic carbocycles. The highest BCUT2D eigenvalue weighted by Gasteiger charge is 2.42. The van der Waals surface area contributed by atoms with E-state index in [1.54, 1.807) is 41.3 Å². The number of benzene rings is 3. The predicted molar refractivity (Wildman–Crippen MR) is 136 cm³/mol. The zero-order chi connectivity index (χ0) is 25.1. The topological polar surface area (TPSA) is 79.2 Å². The number of aliphatic carboxylic acids is 1. The van der Waals surface area contributed by atoms with Crippen LogP contribution in [0, 0.1) is 5.92 Å². The van der Waals surface area contributed by atoms with Gasteiger partial charge in [-0.25, -0.2) is 4.79 Å². The lowest BCUT2D eigenvalue weighted by Gasteiger charge is -2.31. The van der Waals surface area contributed by atoms with E-state index in [4.69, 9.17) is 38.0 Å². The Bertz CT molecular complexity index is 1240. The first-order valence-electron chi connectivity index (χ1n) is 11.1. The number of hydrogen-bond donors (Lipinski definition) is 1. The third-order valence-corrected chi connectivity index (χ3v) is 6.20. The van der Waals surface area contributed by atoms with Crippen LogP contribution in [0.1, 0.15) is 42.6 Å². The van der Waals surface area contributed by atoms with Crippen molar-refractivity contribution in [1.29, 1.82) is 0 Å². The standard InChI is InChI=1S/C27H24Cl2N2O4/c1-16(2)27(34)31-25(18-5-11-21(29)12-6-18)24(17-3-9-20(28)10-4-17)30-26(31)19-7-13-22(14-8-19)35-15-23(32)33/h3-14,16,24-25H,15H2,1-2H3,(H,32,33). The molecule has 6 nitrogen and oxygen atoms in total. The van der Waals surface area contributed by atoms with Crippen LogP contribution in [0.4, 0.5) is 0 Å². The second-order valence-corrected chi connectivity index (χ2v) is 9.39. The minimum atomic E-state index is -1.06. The fourth-order valence-electron chi connectivity index (χ4n) is 4.02. The monoisotopic (exact) mass is 510 g/mol. The molecule has 0 saturated carbocycles. The molecular formula is C27H24Cl2N2O4. The maximum atomic E-state index is 13.6. The van der Waals surface area contributed by atoms with Gasteiger partial charge >= 0.3 is 5.97 Å². The van der Waals surface area contributed by atoms with Crippen LogP contribution < -0.4 is 4.74 Å². The number of carboxylic acid groups (broad SMARTS) is 1. The molecule has 0 bridgehead atoms. The lowest BCUT2D eigenvalue weighted by atomic mass is 9.93. The van der Waals surface area contributed by atoms with E-state index in [2.05, 4.69) is 0 Å². The van der Waals surface area contributed by atoms with Crippen molar-refractivity contribution in [3.63, 3.8) is 0 Å². The molecular weight excluding hydrogens is 487 g/mol. The first kappa shape index (κ1) is 24.8. The summed E-state index contributed by atoms with van der Waals surface area (Å²) in [5.74, 6) is -0.434. The second kappa shape index (κ2) is 10.5. The molecule has 8 heteroatoms. The second-order valence-electron chi connectivity index (χ2n) is 8.52. The van der Waals surface area contributed by atoms with Gasteiger partial charge < -0.3 is 9.84 Å². The van der Waals surface area contributed by atoms with Gasteiger partial charge in [0, 0.05) is 21.5 Å². The van der Waals surface area contributed by atoms with Crippen molar-refractivity contribution in [3.8, 4) is 5.75 Å². The van der Waals surface area contributed by atoms with E-state index in [-0.39, 0.29) is 23.9 Å². The first-order valence-corrected chi connectivity index (χ1v) is 11.9. The third-order valence-electron chi connectivity index (χ3n) is 5.70.